The molecule has 4 nitrogen and oxygen atoms in total. The van der Waals surface area contributed by atoms with Crippen LogP contribution in [-0.2, 0) is 4.74 Å². The van der Waals surface area contributed by atoms with Gasteiger partial charge in [-0.1, -0.05) is 28.1 Å². The Hall–Kier alpha value is -0.550. The number of hydrogen-bond acceptors (Lipinski definition) is 2. The Balaban J connectivity index is 2.60. The summed E-state index contributed by atoms with van der Waals surface area (Å²) in [6.45, 7) is 3.98. The second-order valence-corrected chi connectivity index (χ2v) is 5.03. The van der Waals surface area contributed by atoms with Gasteiger partial charge in [0.2, 0.25) is 0 Å². The van der Waals surface area contributed by atoms with Gasteiger partial charge in [0.15, 0.2) is 0 Å². The predicted octanol–water partition coefficient (Wildman–Crippen LogP) is 2.83. The van der Waals surface area contributed by atoms with Gasteiger partial charge in [-0.3, -0.25) is 4.90 Å². The van der Waals surface area contributed by atoms with E-state index in [4.69, 9.17) is 9.84 Å². The molecule has 16 heavy (non-hydrogen) atoms. The molecule has 1 fully saturated rings. The molecule has 1 aliphatic rings. The Morgan fingerprint density at radius 3 is 2.94 bits per heavy atom. The molecule has 0 aromatic rings. The van der Waals surface area contributed by atoms with Crippen LogP contribution in [0, 0.1) is 0 Å². The summed E-state index contributed by atoms with van der Waals surface area (Å²) in [4.78, 5) is 12.5. The van der Waals surface area contributed by atoms with Crippen molar-refractivity contribution in [2.24, 2.45) is 0 Å². The van der Waals surface area contributed by atoms with E-state index < -0.39 is 11.8 Å². The van der Waals surface area contributed by atoms with Crippen molar-refractivity contribution in [2.45, 2.75) is 38.5 Å². The van der Waals surface area contributed by atoms with E-state index in [0.717, 1.165) is 18.2 Å². The van der Waals surface area contributed by atoms with E-state index in [1.54, 1.807) is 13.8 Å². The molecule has 0 aliphatic carbocycles. The first-order valence-electron chi connectivity index (χ1n) is 5.38. The first-order chi connectivity index (χ1) is 7.49. The minimum absolute atomic E-state index is 0.164. The number of halogens is 1. The fourth-order valence-corrected chi connectivity index (χ4v) is 2.12. The second-order valence-electron chi connectivity index (χ2n) is 4.24. The Bertz CT molecular complexity index is 278. The number of amides is 1. The van der Waals surface area contributed by atoms with Crippen LogP contribution in [0.5, 0.6) is 0 Å². The van der Waals surface area contributed by atoms with Crippen LogP contribution >= 0.6 is 15.9 Å². The fourth-order valence-electron chi connectivity index (χ4n) is 1.79. The van der Waals surface area contributed by atoms with Crippen LogP contribution in [0.3, 0.4) is 0 Å². The highest BCUT2D eigenvalue weighted by Crippen LogP contribution is 2.27. The minimum Gasteiger partial charge on any atom is -0.465 e. The van der Waals surface area contributed by atoms with Crippen molar-refractivity contribution in [3.8, 4) is 0 Å². The molecule has 1 rings (SSSR count). The zero-order valence-electron chi connectivity index (χ0n) is 9.65. The number of hydrogen-bond donors (Lipinski definition) is 1. The zero-order valence-corrected chi connectivity index (χ0v) is 11.2. The molecular formula is C11H18BrNO3. The molecule has 1 aliphatic heterocycles. The Labute approximate surface area is 104 Å². The first kappa shape index (κ1) is 13.5. The molecule has 0 spiro atoms. The summed E-state index contributed by atoms with van der Waals surface area (Å²) in [5, 5.41) is 10.1. The highest BCUT2D eigenvalue weighted by molar-refractivity contribution is 9.09. The largest absolute Gasteiger partial charge is 0.465 e. The molecule has 0 radical (unpaired) electrons. The summed E-state index contributed by atoms with van der Waals surface area (Å²) >= 11 is 3.35. The van der Waals surface area contributed by atoms with Crippen molar-refractivity contribution in [1.82, 2.24) is 4.90 Å². The molecule has 92 valence electrons. The number of ether oxygens (including phenoxy) is 1. The third kappa shape index (κ3) is 3.22. The lowest BCUT2D eigenvalue weighted by Crippen LogP contribution is -2.46. The SMILES string of the molecule is CC1(C)OC[C@@H](C=CCCCBr)N1C(=O)O. The van der Waals surface area contributed by atoms with Crippen LogP contribution in [0.2, 0.25) is 0 Å². The summed E-state index contributed by atoms with van der Waals surface area (Å²) in [5.41, 5.74) is -0.726. The zero-order chi connectivity index (χ0) is 12.2. The van der Waals surface area contributed by atoms with Gasteiger partial charge in [-0.15, -0.1) is 0 Å². The minimum atomic E-state index is -0.933. The molecule has 1 saturated heterocycles. The molecule has 1 N–H and O–H groups in total. The number of alkyl halides is 1. The van der Waals surface area contributed by atoms with E-state index in [9.17, 15) is 4.79 Å². The molecule has 0 saturated carbocycles. The fraction of sp³-hybridized carbons (Fsp3) is 0.727. The van der Waals surface area contributed by atoms with Gasteiger partial charge in [0.25, 0.3) is 0 Å². The summed E-state index contributed by atoms with van der Waals surface area (Å²) in [5.74, 6) is 0. The smallest absolute Gasteiger partial charge is 0.410 e. The van der Waals surface area contributed by atoms with Crippen molar-refractivity contribution in [1.29, 1.82) is 0 Å². The molecule has 1 heterocycles. The third-order valence-electron chi connectivity index (χ3n) is 2.59. The number of nitrogens with zero attached hydrogens (tertiary/aromatic N) is 1. The number of allylic oxidation sites excluding steroid dienone is 1. The topological polar surface area (TPSA) is 49.8 Å². The average Bonchev–Trinajstić information content (AvgIpc) is 2.48. The molecule has 0 aromatic carbocycles. The van der Waals surface area contributed by atoms with Gasteiger partial charge in [0.1, 0.15) is 5.72 Å². The molecule has 0 aromatic heterocycles. The van der Waals surface area contributed by atoms with E-state index >= 15 is 0 Å². The number of carboxylic acid groups (broad SMARTS) is 1. The standard InChI is InChI=1S/C11H18BrNO3/c1-11(2)13(10(14)15)9(8-16-11)6-4-3-5-7-12/h4,6,9H,3,5,7-8H2,1-2H3,(H,14,15)/t9-/m1/s1. The summed E-state index contributed by atoms with van der Waals surface area (Å²) < 4.78 is 5.47. The number of unbranched alkanes of at least 4 members (excludes halogenated alkanes) is 1. The molecule has 1 atom stereocenters. The first-order valence-corrected chi connectivity index (χ1v) is 6.50. The van der Waals surface area contributed by atoms with Gasteiger partial charge in [0.05, 0.1) is 12.6 Å². The van der Waals surface area contributed by atoms with Gasteiger partial charge < -0.3 is 9.84 Å². The highest BCUT2D eigenvalue weighted by atomic mass is 79.9. The Morgan fingerprint density at radius 2 is 2.38 bits per heavy atom. The van der Waals surface area contributed by atoms with Crippen LogP contribution in [0.1, 0.15) is 26.7 Å². The molecule has 0 unspecified atom stereocenters. The summed E-state index contributed by atoms with van der Waals surface area (Å²) in [7, 11) is 0. The normalized spacial score (nSPS) is 24.2. The van der Waals surface area contributed by atoms with E-state index in [-0.39, 0.29) is 6.04 Å². The van der Waals surface area contributed by atoms with E-state index in [1.807, 2.05) is 12.2 Å². The lowest BCUT2D eigenvalue weighted by atomic mass is 10.2. The van der Waals surface area contributed by atoms with Crippen LogP contribution < -0.4 is 0 Å². The van der Waals surface area contributed by atoms with Crippen LogP contribution in [-0.4, -0.2) is 39.8 Å². The van der Waals surface area contributed by atoms with Crippen molar-refractivity contribution in [3.63, 3.8) is 0 Å². The van der Waals surface area contributed by atoms with Crippen LogP contribution in [0.25, 0.3) is 0 Å². The van der Waals surface area contributed by atoms with Gasteiger partial charge in [-0.05, 0) is 26.7 Å². The average molecular weight is 292 g/mol. The predicted molar refractivity (Wildman–Crippen MR) is 65.9 cm³/mol. The van der Waals surface area contributed by atoms with E-state index in [0.29, 0.717) is 6.61 Å². The van der Waals surface area contributed by atoms with Crippen LogP contribution in [0.15, 0.2) is 12.2 Å². The van der Waals surface area contributed by atoms with Gasteiger partial charge in [0, 0.05) is 5.33 Å². The Kier molecular flexibility index (Phi) is 4.80. The van der Waals surface area contributed by atoms with Crippen molar-refractivity contribution >= 4 is 22.0 Å². The Morgan fingerprint density at radius 1 is 1.69 bits per heavy atom. The summed E-state index contributed by atoms with van der Waals surface area (Å²) in [6, 6.07) is -0.164. The van der Waals surface area contributed by atoms with Gasteiger partial charge in [-0.2, -0.15) is 0 Å². The molecule has 0 bridgehead atoms. The van der Waals surface area contributed by atoms with Crippen LogP contribution in [0.4, 0.5) is 4.79 Å². The lowest BCUT2D eigenvalue weighted by molar-refractivity contribution is -0.0409. The number of carbonyl (C=O) groups is 1. The summed E-state index contributed by atoms with van der Waals surface area (Å²) in [6.07, 6.45) is 5.02. The molecule has 1 amide bonds. The van der Waals surface area contributed by atoms with Crippen molar-refractivity contribution < 1.29 is 14.6 Å². The third-order valence-corrected chi connectivity index (χ3v) is 3.15. The lowest BCUT2D eigenvalue weighted by Gasteiger charge is -2.29. The molecule has 5 heteroatoms. The number of rotatable bonds is 4. The maximum Gasteiger partial charge on any atom is 0.410 e. The monoisotopic (exact) mass is 291 g/mol. The quantitative estimate of drug-likeness (QED) is 0.492. The van der Waals surface area contributed by atoms with E-state index in [2.05, 4.69) is 15.9 Å². The van der Waals surface area contributed by atoms with E-state index in [1.165, 1.54) is 4.90 Å². The second kappa shape index (κ2) is 5.68. The maximum atomic E-state index is 11.1. The molecular weight excluding hydrogens is 274 g/mol. The van der Waals surface area contributed by atoms with Gasteiger partial charge in [-0.25, -0.2) is 4.79 Å². The van der Waals surface area contributed by atoms with Gasteiger partial charge >= 0.3 is 6.09 Å². The highest BCUT2D eigenvalue weighted by Gasteiger charge is 2.42. The van der Waals surface area contributed by atoms with Crippen molar-refractivity contribution in [3.05, 3.63) is 12.2 Å². The maximum absolute atomic E-state index is 11.1. The van der Waals surface area contributed by atoms with Crippen molar-refractivity contribution in [2.75, 3.05) is 11.9 Å².